The molecule has 0 saturated heterocycles. The molecule has 0 aliphatic heterocycles. The molecule has 2 rings (SSSR count). The molecule has 1 aromatic rings. The quantitative estimate of drug-likeness (QED) is 0.794. The van der Waals surface area contributed by atoms with Crippen LogP contribution in [-0.4, -0.2) is 17.2 Å². The third kappa shape index (κ3) is 4.76. The lowest BCUT2D eigenvalue weighted by atomic mass is 9.85. The van der Waals surface area contributed by atoms with Crippen LogP contribution >= 0.6 is 11.3 Å². The second-order valence-electron chi connectivity index (χ2n) is 5.39. The lowest BCUT2D eigenvalue weighted by Crippen LogP contribution is -2.22. The molecule has 4 heteroatoms. The molecule has 1 heterocycles. The van der Waals surface area contributed by atoms with Crippen molar-refractivity contribution in [3.05, 3.63) is 28.0 Å². The fraction of sp³-hybridized carbons (Fsp3) is 0.562. The molecule has 1 fully saturated rings. The minimum Gasteiger partial charge on any atom is -0.478 e. The Morgan fingerprint density at radius 2 is 2.40 bits per heavy atom. The zero-order valence-electron chi connectivity index (χ0n) is 11.9. The van der Waals surface area contributed by atoms with Crippen molar-refractivity contribution >= 4 is 23.4 Å². The van der Waals surface area contributed by atoms with Gasteiger partial charge in [-0.2, -0.15) is 0 Å². The Hall–Kier alpha value is -1.13. The van der Waals surface area contributed by atoms with Gasteiger partial charge in [-0.15, -0.1) is 11.3 Å². The van der Waals surface area contributed by atoms with Gasteiger partial charge in [0.25, 0.3) is 0 Å². The molecule has 0 amide bonds. The van der Waals surface area contributed by atoms with E-state index < -0.39 is 5.97 Å². The fourth-order valence-corrected chi connectivity index (χ4v) is 3.47. The van der Waals surface area contributed by atoms with Crippen LogP contribution in [0.3, 0.4) is 0 Å². The standard InChI is InChI=1S/C16H22O3S/c1-2-12-4-3-5-14(8-12)19-10-15-9-13(11-20-15)6-7-16(17)18/h6-7,9,11-12,14H,2-5,8,10H2,1H3,(H,17,18). The zero-order chi connectivity index (χ0) is 14.4. The molecule has 0 radical (unpaired) electrons. The lowest BCUT2D eigenvalue weighted by molar-refractivity contribution is -0.131. The van der Waals surface area contributed by atoms with Gasteiger partial charge in [0.2, 0.25) is 0 Å². The van der Waals surface area contributed by atoms with E-state index >= 15 is 0 Å². The van der Waals surface area contributed by atoms with Crippen molar-refractivity contribution in [3.63, 3.8) is 0 Å². The molecule has 3 nitrogen and oxygen atoms in total. The number of hydrogen-bond donors (Lipinski definition) is 1. The van der Waals surface area contributed by atoms with Crippen LogP contribution in [0.2, 0.25) is 0 Å². The van der Waals surface area contributed by atoms with Crippen molar-refractivity contribution in [2.75, 3.05) is 0 Å². The van der Waals surface area contributed by atoms with Crippen molar-refractivity contribution in [2.24, 2.45) is 5.92 Å². The molecule has 1 aliphatic carbocycles. The molecule has 1 aliphatic rings. The molecule has 0 spiro atoms. The van der Waals surface area contributed by atoms with Gasteiger partial charge in [-0.25, -0.2) is 4.79 Å². The van der Waals surface area contributed by atoms with Gasteiger partial charge in [0.05, 0.1) is 12.7 Å². The van der Waals surface area contributed by atoms with E-state index in [0.29, 0.717) is 12.7 Å². The van der Waals surface area contributed by atoms with Crippen molar-refractivity contribution in [1.29, 1.82) is 0 Å². The number of carbonyl (C=O) groups is 1. The maximum Gasteiger partial charge on any atom is 0.328 e. The predicted octanol–water partition coefficient (Wildman–Crippen LogP) is 4.33. The van der Waals surface area contributed by atoms with Crippen molar-refractivity contribution in [2.45, 2.75) is 51.7 Å². The molecule has 0 bridgehead atoms. The molecule has 2 atom stereocenters. The van der Waals surface area contributed by atoms with E-state index in [1.165, 1.54) is 38.2 Å². The highest BCUT2D eigenvalue weighted by Crippen LogP contribution is 2.29. The summed E-state index contributed by atoms with van der Waals surface area (Å²) in [6, 6.07) is 2.00. The monoisotopic (exact) mass is 294 g/mol. The summed E-state index contributed by atoms with van der Waals surface area (Å²) in [5.41, 5.74) is 0.936. The SMILES string of the molecule is CCC1CCCC(OCc2cc(C=CC(=O)O)cs2)C1. The van der Waals surface area contributed by atoms with Crippen LogP contribution in [0.25, 0.3) is 6.08 Å². The van der Waals surface area contributed by atoms with Crippen LogP contribution in [0, 0.1) is 5.92 Å². The topological polar surface area (TPSA) is 46.5 Å². The number of hydrogen-bond acceptors (Lipinski definition) is 3. The van der Waals surface area contributed by atoms with Crippen LogP contribution in [0.1, 0.15) is 49.5 Å². The molecule has 1 N–H and O–H groups in total. The number of thiophene rings is 1. The number of aliphatic carboxylic acids is 1. The first-order chi connectivity index (χ1) is 9.67. The fourth-order valence-electron chi connectivity index (χ4n) is 2.69. The minimum absolute atomic E-state index is 0.397. The molecule has 2 unspecified atom stereocenters. The van der Waals surface area contributed by atoms with E-state index in [4.69, 9.17) is 9.84 Å². The highest BCUT2D eigenvalue weighted by Gasteiger charge is 2.21. The summed E-state index contributed by atoms with van der Waals surface area (Å²) in [6.45, 7) is 2.90. The highest BCUT2D eigenvalue weighted by atomic mass is 32.1. The van der Waals surface area contributed by atoms with Gasteiger partial charge >= 0.3 is 5.97 Å². The number of carboxylic acid groups (broad SMARTS) is 1. The molecule has 0 aromatic carbocycles. The Bertz CT molecular complexity index is 464. The van der Waals surface area contributed by atoms with Crippen LogP contribution in [-0.2, 0) is 16.1 Å². The van der Waals surface area contributed by atoms with Crippen LogP contribution in [0.4, 0.5) is 0 Å². The second kappa shape index (κ2) is 7.60. The Morgan fingerprint density at radius 1 is 1.55 bits per heavy atom. The maximum absolute atomic E-state index is 10.5. The zero-order valence-corrected chi connectivity index (χ0v) is 12.7. The van der Waals surface area contributed by atoms with Gasteiger partial charge in [0.1, 0.15) is 0 Å². The largest absolute Gasteiger partial charge is 0.478 e. The first-order valence-corrected chi connectivity index (χ1v) is 8.15. The minimum atomic E-state index is -0.915. The van der Waals surface area contributed by atoms with E-state index in [1.807, 2.05) is 11.4 Å². The van der Waals surface area contributed by atoms with Crippen LogP contribution in [0.15, 0.2) is 17.5 Å². The van der Waals surface area contributed by atoms with Gasteiger partial charge in [0.15, 0.2) is 0 Å². The summed E-state index contributed by atoms with van der Waals surface area (Å²) >= 11 is 1.63. The van der Waals surface area contributed by atoms with E-state index in [1.54, 1.807) is 17.4 Å². The summed E-state index contributed by atoms with van der Waals surface area (Å²) in [6.07, 6.45) is 9.42. The third-order valence-electron chi connectivity index (χ3n) is 3.87. The van der Waals surface area contributed by atoms with E-state index in [0.717, 1.165) is 16.4 Å². The predicted molar refractivity (Wildman–Crippen MR) is 81.8 cm³/mol. The number of ether oxygens (including phenoxy) is 1. The van der Waals surface area contributed by atoms with E-state index in [9.17, 15) is 4.79 Å². The molecule has 1 aromatic heterocycles. The molecule has 20 heavy (non-hydrogen) atoms. The third-order valence-corrected chi connectivity index (χ3v) is 4.79. The van der Waals surface area contributed by atoms with Gasteiger partial charge in [-0.3, -0.25) is 0 Å². The Kier molecular flexibility index (Phi) is 5.80. The second-order valence-corrected chi connectivity index (χ2v) is 6.39. The smallest absolute Gasteiger partial charge is 0.328 e. The number of rotatable bonds is 6. The average Bonchev–Trinajstić information content (AvgIpc) is 2.91. The number of carboxylic acids is 1. The first-order valence-electron chi connectivity index (χ1n) is 7.27. The van der Waals surface area contributed by atoms with Gasteiger partial charge in [-0.05, 0) is 41.8 Å². The van der Waals surface area contributed by atoms with Crippen molar-refractivity contribution < 1.29 is 14.6 Å². The van der Waals surface area contributed by atoms with Crippen molar-refractivity contribution in [1.82, 2.24) is 0 Å². The van der Waals surface area contributed by atoms with Gasteiger partial charge in [0, 0.05) is 11.0 Å². The normalized spacial score (nSPS) is 23.2. The molecule has 110 valence electrons. The summed E-state index contributed by atoms with van der Waals surface area (Å²) in [7, 11) is 0. The Labute approximate surface area is 124 Å². The summed E-state index contributed by atoms with van der Waals surface area (Å²) < 4.78 is 6.01. The Balaban J connectivity index is 1.80. The van der Waals surface area contributed by atoms with Crippen molar-refractivity contribution in [3.8, 4) is 0 Å². The molecular formula is C16H22O3S. The van der Waals surface area contributed by atoms with E-state index in [-0.39, 0.29) is 0 Å². The average molecular weight is 294 g/mol. The summed E-state index contributed by atoms with van der Waals surface area (Å²) in [4.78, 5) is 11.6. The summed E-state index contributed by atoms with van der Waals surface area (Å²) in [5.74, 6) is -0.0899. The molecule has 1 saturated carbocycles. The maximum atomic E-state index is 10.5. The van der Waals surface area contributed by atoms with Gasteiger partial charge in [-0.1, -0.05) is 26.2 Å². The molecular weight excluding hydrogens is 272 g/mol. The highest BCUT2D eigenvalue weighted by molar-refractivity contribution is 7.10. The Morgan fingerprint density at radius 3 is 3.15 bits per heavy atom. The summed E-state index contributed by atoms with van der Waals surface area (Å²) in [5, 5.41) is 10.6. The van der Waals surface area contributed by atoms with Crippen LogP contribution in [0.5, 0.6) is 0 Å². The first kappa shape index (κ1) is 15.3. The van der Waals surface area contributed by atoms with Crippen LogP contribution < -0.4 is 0 Å². The van der Waals surface area contributed by atoms with Gasteiger partial charge < -0.3 is 9.84 Å². The van der Waals surface area contributed by atoms with E-state index in [2.05, 4.69) is 6.92 Å². The lowest BCUT2D eigenvalue weighted by Gasteiger charge is -2.28.